The van der Waals surface area contributed by atoms with Gasteiger partial charge in [-0.2, -0.15) is 13.2 Å². The van der Waals surface area contributed by atoms with Gasteiger partial charge in [0.2, 0.25) is 5.88 Å². The lowest BCUT2D eigenvalue weighted by molar-refractivity contribution is -0.137. The van der Waals surface area contributed by atoms with Crippen molar-refractivity contribution >= 4 is 11.7 Å². The molecule has 3 rings (SSSR count). The minimum absolute atomic E-state index is 0.121. The van der Waals surface area contributed by atoms with Crippen molar-refractivity contribution in [3.05, 3.63) is 42.1 Å². The van der Waals surface area contributed by atoms with Gasteiger partial charge in [0, 0.05) is 49.1 Å². The lowest BCUT2D eigenvalue weighted by Gasteiger charge is -2.18. The highest BCUT2D eigenvalue weighted by atomic mass is 19.4. The van der Waals surface area contributed by atoms with Gasteiger partial charge in [-0.1, -0.05) is 0 Å². The molecule has 7 nitrogen and oxygen atoms in total. The molecule has 1 atom stereocenters. The molecule has 10 heteroatoms. The molecule has 2 heterocycles. The molecule has 0 bridgehead atoms. The summed E-state index contributed by atoms with van der Waals surface area (Å²) >= 11 is 0. The standard InChI is InChI=1S/C19H20F3N3O4/c1-27-15-8-13(9-16(10-15)28-2)24-18(26)25-6-4-14(11-25)29-17-7-12(3-5-23-17)19(20,21)22/h3,5,7-10,14H,4,6,11H2,1-2H3,(H,24,26). The van der Waals surface area contributed by atoms with Crippen molar-refractivity contribution in [2.45, 2.75) is 18.7 Å². The van der Waals surface area contributed by atoms with E-state index in [1.807, 2.05) is 0 Å². The molecule has 1 fully saturated rings. The van der Waals surface area contributed by atoms with Crippen molar-refractivity contribution < 1.29 is 32.2 Å². The molecule has 1 aliphatic rings. The molecule has 156 valence electrons. The number of carbonyl (C=O) groups excluding carboxylic acids is 1. The summed E-state index contributed by atoms with van der Waals surface area (Å²) in [6.07, 6.45) is -3.39. The number of carbonyl (C=O) groups is 1. The summed E-state index contributed by atoms with van der Waals surface area (Å²) in [7, 11) is 3.01. The van der Waals surface area contributed by atoms with Crippen molar-refractivity contribution in [1.82, 2.24) is 9.88 Å². The number of aromatic nitrogens is 1. The molecule has 2 aromatic rings. The van der Waals surface area contributed by atoms with Crippen LogP contribution in [0, 0.1) is 0 Å². The second kappa shape index (κ2) is 8.46. The number of methoxy groups -OCH3 is 2. The minimum Gasteiger partial charge on any atom is -0.497 e. The van der Waals surface area contributed by atoms with Gasteiger partial charge in [-0.25, -0.2) is 9.78 Å². The molecule has 0 saturated carbocycles. The number of ether oxygens (including phenoxy) is 3. The van der Waals surface area contributed by atoms with Gasteiger partial charge in [-0.15, -0.1) is 0 Å². The Kier molecular flexibility index (Phi) is 6.00. The monoisotopic (exact) mass is 411 g/mol. The van der Waals surface area contributed by atoms with E-state index in [9.17, 15) is 18.0 Å². The van der Waals surface area contributed by atoms with E-state index < -0.39 is 17.8 Å². The van der Waals surface area contributed by atoms with Crippen LogP contribution in [0.5, 0.6) is 17.4 Å². The maximum Gasteiger partial charge on any atom is 0.416 e. The largest absolute Gasteiger partial charge is 0.497 e. The molecule has 1 unspecified atom stereocenters. The fourth-order valence-corrected chi connectivity index (χ4v) is 2.91. The molecular weight excluding hydrogens is 391 g/mol. The van der Waals surface area contributed by atoms with E-state index in [0.717, 1.165) is 18.3 Å². The van der Waals surface area contributed by atoms with E-state index in [-0.39, 0.29) is 18.5 Å². The van der Waals surface area contributed by atoms with Crippen LogP contribution in [0.25, 0.3) is 0 Å². The minimum atomic E-state index is -4.47. The lowest BCUT2D eigenvalue weighted by Crippen LogP contribution is -2.34. The number of amides is 2. The molecule has 1 aliphatic heterocycles. The molecule has 0 aliphatic carbocycles. The van der Waals surface area contributed by atoms with Gasteiger partial charge in [0.1, 0.15) is 17.6 Å². The van der Waals surface area contributed by atoms with Crippen molar-refractivity contribution in [1.29, 1.82) is 0 Å². The Balaban J connectivity index is 1.60. The summed E-state index contributed by atoms with van der Waals surface area (Å²) in [6, 6.07) is 6.35. The average molecular weight is 411 g/mol. The Labute approximate surface area is 165 Å². The van der Waals surface area contributed by atoms with Gasteiger partial charge >= 0.3 is 12.2 Å². The van der Waals surface area contributed by atoms with Gasteiger partial charge < -0.3 is 24.4 Å². The maximum atomic E-state index is 12.8. The zero-order valence-corrected chi connectivity index (χ0v) is 15.8. The maximum absolute atomic E-state index is 12.8. The van der Waals surface area contributed by atoms with Gasteiger partial charge in [0.15, 0.2) is 0 Å². The second-order valence-corrected chi connectivity index (χ2v) is 6.39. The highest BCUT2D eigenvalue weighted by Crippen LogP contribution is 2.31. The number of urea groups is 1. The zero-order valence-electron chi connectivity index (χ0n) is 15.8. The van der Waals surface area contributed by atoms with Crippen LogP contribution in [0.2, 0.25) is 0 Å². The highest BCUT2D eigenvalue weighted by molar-refractivity contribution is 5.90. The first-order valence-corrected chi connectivity index (χ1v) is 8.77. The van der Waals surface area contributed by atoms with Crippen LogP contribution < -0.4 is 19.5 Å². The molecule has 1 aromatic carbocycles. The second-order valence-electron chi connectivity index (χ2n) is 6.39. The van der Waals surface area contributed by atoms with Gasteiger partial charge in [0.05, 0.1) is 26.3 Å². The van der Waals surface area contributed by atoms with Crippen LogP contribution in [-0.4, -0.2) is 49.3 Å². The fourth-order valence-electron chi connectivity index (χ4n) is 2.91. The predicted molar refractivity (Wildman–Crippen MR) is 98.4 cm³/mol. The summed E-state index contributed by atoms with van der Waals surface area (Å²) in [5, 5.41) is 2.75. The zero-order chi connectivity index (χ0) is 21.0. The summed E-state index contributed by atoms with van der Waals surface area (Å²) in [6.45, 7) is 0.626. The van der Waals surface area contributed by atoms with Crippen LogP contribution in [0.3, 0.4) is 0 Å². The number of likely N-dealkylation sites (tertiary alicyclic amines) is 1. The summed E-state index contributed by atoms with van der Waals surface area (Å²) in [5.74, 6) is 0.931. The van der Waals surface area contributed by atoms with E-state index in [1.54, 1.807) is 18.2 Å². The quantitative estimate of drug-likeness (QED) is 0.810. The SMILES string of the molecule is COc1cc(NC(=O)N2CCC(Oc3cc(C(F)(F)F)ccn3)C2)cc(OC)c1. The number of pyridine rings is 1. The Morgan fingerprint density at radius 2 is 1.86 bits per heavy atom. The Morgan fingerprint density at radius 3 is 2.48 bits per heavy atom. The number of benzene rings is 1. The molecular formula is C19H20F3N3O4. The van der Waals surface area contributed by atoms with Crippen LogP contribution in [0.15, 0.2) is 36.5 Å². The van der Waals surface area contributed by atoms with Crippen molar-refractivity contribution in [2.75, 3.05) is 32.6 Å². The number of rotatable bonds is 5. The van der Waals surface area contributed by atoms with Gasteiger partial charge in [-0.05, 0) is 6.07 Å². The number of nitrogens with one attached hydrogen (secondary N) is 1. The van der Waals surface area contributed by atoms with Crippen LogP contribution >= 0.6 is 0 Å². The number of hydrogen-bond donors (Lipinski definition) is 1. The van der Waals surface area contributed by atoms with Crippen LogP contribution in [0.4, 0.5) is 23.7 Å². The third-order valence-corrected chi connectivity index (χ3v) is 4.38. The summed E-state index contributed by atoms with van der Waals surface area (Å²) < 4.78 is 54.3. The van der Waals surface area contributed by atoms with Gasteiger partial charge in [0.25, 0.3) is 0 Å². The average Bonchev–Trinajstić information content (AvgIpc) is 3.15. The topological polar surface area (TPSA) is 72.9 Å². The van der Waals surface area contributed by atoms with Gasteiger partial charge in [-0.3, -0.25) is 0 Å². The third-order valence-electron chi connectivity index (χ3n) is 4.38. The summed E-state index contributed by atoms with van der Waals surface area (Å²) in [4.78, 5) is 17.9. The number of hydrogen-bond acceptors (Lipinski definition) is 5. The van der Waals surface area contributed by atoms with E-state index in [4.69, 9.17) is 14.2 Å². The molecule has 2 amide bonds. The van der Waals surface area contributed by atoms with Crippen molar-refractivity contribution in [3.63, 3.8) is 0 Å². The lowest BCUT2D eigenvalue weighted by atomic mass is 10.2. The first kappa shape index (κ1) is 20.6. The molecule has 0 radical (unpaired) electrons. The van der Waals surface area contributed by atoms with Crippen LogP contribution in [-0.2, 0) is 6.18 Å². The first-order valence-electron chi connectivity index (χ1n) is 8.77. The number of halogens is 3. The molecule has 1 aromatic heterocycles. The number of alkyl halides is 3. The van der Waals surface area contributed by atoms with E-state index >= 15 is 0 Å². The molecule has 29 heavy (non-hydrogen) atoms. The van der Waals surface area contributed by atoms with Crippen molar-refractivity contribution in [3.8, 4) is 17.4 Å². The molecule has 1 N–H and O–H groups in total. The molecule has 0 spiro atoms. The summed E-state index contributed by atoms with van der Waals surface area (Å²) in [5.41, 5.74) is -0.336. The Morgan fingerprint density at radius 1 is 1.17 bits per heavy atom. The third kappa shape index (κ3) is 5.21. The highest BCUT2D eigenvalue weighted by Gasteiger charge is 2.32. The Hall–Kier alpha value is -3.17. The van der Waals surface area contributed by atoms with E-state index in [0.29, 0.717) is 30.2 Å². The van der Waals surface area contributed by atoms with E-state index in [2.05, 4.69) is 10.3 Å². The van der Waals surface area contributed by atoms with Crippen LogP contribution in [0.1, 0.15) is 12.0 Å². The number of nitrogens with zero attached hydrogens (tertiary/aromatic N) is 2. The predicted octanol–water partition coefficient (Wildman–Crippen LogP) is 3.80. The first-order chi connectivity index (χ1) is 13.8. The Bertz CT molecular complexity index is 854. The van der Waals surface area contributed by atoms with Crippen molar-refractivity contribution in [2.24, 2.45) is 0 Å². The number of anilines is 1. The molecule has 1 saturated heterocycles. The fraction of sp³-hybridized carbons (Fsp3) is 0.368. The van der Waals surface area contributed by atoms with E-state index in [1.165, 1.54) is 19.1 Å². The smallest absolute Gasteiger partial charge is 0.416 e. The normalized spacial score (nSPS) is 16.4.